The molecule has 1 fully saturated rings. The summed E-state index contributed by atoms with van der Waals surface area (Å²) in [5.74, 6) is 0.896. The summed E-state index contributed by atoms with van der Waals surface area (Å²) < 4.78 is 0. The largest absolute Gasteiger partial charge is 0.342 e. The van der Waals surface area contributed by atoms with E-state index in [0.29, 0.717) is 11.8 Å². The summed E-state index contributed by atoms with van der Waals surface area (Å²) >= 11 is 0. The number of hydrogen-bond donors (Lipinski definition) is 1. The van der Waals surface area contributed by atoms with E-state index < -0.39 is 0 Å². The van der Waals surface area contributed by atoms with Crippen LogP contribution < -0.4 is 5.32 Å². The first kappa shape index (κ1) is 19.0. The SMILES string of the molecule is CNCC1CCCN(C(=O)C(C)(C)Cc2ccccc2)C1.Cl. The quantitative estimate of drug-likeness (QED) is 0.902. The number of piperidine rings is 1. The van der Waals surface area contributed by atoms with Crippen molar-refractivity contribution in [3.05, 3.63) is 35.9 Å². The molecule has 0 aliphatic carbocycles. The Balaban J connectivity index is 0.00000242. The number of nitrogens with one attached hydrogen (secondary N) is 1. The minimum atomic E-state index is -0.330. The van der Waals surface area contributed by atoms with Gasteiger partial charge in [0.05, 0.1) is 0 Å². The van der Waals surface area contributed by atoms with Crippen molar-refractivity contribution in [2.24, 2.45) is 11.3 Å². The van der Waals surface area contributed by atoms with E-state index in [-0.39, 0.29) is 17.8 Å². The first-order valence-corrected chi connectivity index (χ1v) is 8.01. The van der Waals surface area contributed by atoms with E-state index in [1.807, 2.05) is 25.2 Å². The first-order valence-electron chi connectivity index (χ1n) is 8.01. The fourth-order valence-electron chi connectivity index (χ4n) is 3.31. The number of carbonyl (C=O) groups is 1. The minimum Gasteiger partial charge on any atom is -0.342 e. The summed E-state index contributed by atoms with van der Waals surface area (Å²) in [6.45, 7) is 6.96. The van der Waals surface area contributed by atoms with Crippen LogP contribution in [0, 0.1) is 11.3 Å². The highest BCUT2D eigenvalue weighted by atomic mass is 35.5. The number of rotatable bonds is 5. The summed E-state index contributed by atoms with van der Waals surface area (Å²) in [6.07, 6.45) is 3.16. The van der Waals surface area contributed by atoms with E-state index in [9.17, 15) is 4.79 Å². The molecule has 0 bridgehead atoms. The van der Waals surface area contributed by atoms with Crippen LogP contribution in [0.25, 0.3) is 0 Å². The Morgan fingerprint density at radius 3 is 2.64 bits per heavy atom. The lowest BCUT2D eigenvalue weighted by molar-refractivity contribution is -0.142. The fraction of sp³-hybridized carbons (Fsp3) is 0.611. The molecule has 1 heterocycles. The maximum atomic E-state index is 12.9. The normalized spacial score (nSPS) is 18.7. The molecule has 1 aliphatic rings. The van der Waals surface area contributed by atoms with Crippen molar-refractivity contribution >= 4 is 18.3 Å². The molecule has 1 aromatic rings. The van der Waals surface area contributed by atoms with Crippen molar-refractivity contribution in [1.82, 2.24) is 10.2 Å². The van der Waals surface area contributed by atoms with Gasteiger partial charge in [0.25, 0.3) is 0 Å². The molecule has 0 radical (unpaired) electrons. The van der Waals surface area contributed by atoms with Gasteiger partial charge in [-0.25, -0.2) is 0 Å². The van der Waals surface area contributed by atoms with Crippen LogP contribution in [0.1, 0.15) is 32.3 Å². The Bertz CT molecular complexity index is 459. The molecular formula is C18H29ClN2O. The molecule has 1 unspecified atom stereocenters. The Morgan fingerprint density at radius 1 is 1.32 bits per heavy atom. The molecule has 1 saturated heterocycles. The molecule has 0 spiro atoms. The van der Waals surface area contributed by atoms with Gasteiger partial charge in [-0.1, -0.05) is 44.2 Å². The topological polar surface area (TPSA) is 32.3 Å². The van der Waals surface area contributed by atoms with Crippen LogP contribution in [-0.4, -0.2) is 37.5 Å². The van der Waals surface area contributed by atoms with Crippen LogP contribution in [0.2, 0.25) is 0 Å². The molecule has 1 atom stereocenters. The van der Waals surface area contributed by atoms with E-state index in [4.69, 9.17) is 0 Å². The number of carbonyl (C=O) groups excluding carboxylic acids is 1. The maximum absolute atomic E-state index is 12.9. The first-order chi connectivity index (χ1) is 10.0. The summed E-state index contributed by atoms with van der Waals surface area (Å²) in [6, 6.07) is 10.3. The van der Waals surface area contributed by atoms with E-state index in [2.05, 4.69) is 36.2 Å². The minimum absolute atomic E-state index is 0. The molecule has 4 heteroatoms. The third kappa shape index (κ3) is 4.99. The van der Waals surface area contributed by atoms with Crippen molar-refractivity contribution < 1.29 is 4.79 Å². The highest BCUT2D eigenvalue weighted by Crippen LogP contribution is 2.27. The van der Waals surface area contributed by atoms with Crippen LogP contribution in [0.4, 0.5) is 0 Å². The van der Waals surface area contributed by atoms with Gasteiger partial charge in [0.1, 0.15) is 0 Å². The predicted molar refractivity (Wildman–Crippen MR) is 94.4 cm³/mol. The average Bonchev–Trinajstić information content (AvgIpc) is 2.48. The third-order valence-electron chi connectivity index (χ3n) is 4.37. The third-order valence-corrected chi connectivity index (χ3v) is 4.37. The second-order valence-electron chi connectivity index (χ2n) is 6.86. The van der Waals surface area contributed by atoms with Crippen molar-refractivity contribution in [1.29, 1.82) is 0 Å². The van der Waals surface area contributed by atoms with Crippen LogP contribution in [0.3, 0.4) is 0 Å². The van der Waals surface area contributed by atoms with Crippen molar-refractivity contribution in [3.8, 4) is 0 Å². The van der Waals surface area contributed by atoms with Crippen molar-refractivity contribution in [2.45, 2.75) is 33.1 Å². The standard InChI is InChI=1S/C18H28N2O.ClH/c1-18(2,12-15-8-5-4-6-9-15)17(21)20-11-7-10-16(14-20)13-19-3;/h4-6,8-9,16,19H,7,10-14H2,1-3H3;1H. The smallest absolute Gasteiger partial charge is 0.228 e. The van der Waals surface area contributed by atoms with Gasteiger partial charge in [0.15, 0.2) is 0 Å². The highest BCUT2D eigenvalue weighted by Gasteiger charge is 2.34. The van der Waals surface area contributed by atoms with Crippen LogP contribution >= 0.6 is 12.4 Å². The summed E-state index contributed by atoms with van der Waals surface area (Å²) in [4.78, 5) is 15.0. The van der Waals surface area contributed by atoms with Crippen LogP contribution in [0.5, 0.6) is 0 Å². The van der Waals surface area contributed by atoms with Gasteiger partial charge >= 0.3 is 0 Å². The molecule has 0 aromatic heterocycles. The molecule has 124 valence electrons. The van der Waals surface area contributed by atoms with E-state index in [1.54, 1.807) is 0 Å². The molecular weight excluding hydrogens is 296 g/mol. The second kappa shape index (κ2) is 8.54. The zero-order valence-electron chi connectivity index (χ0n) is 14.0. The number of amides is 1. The Morgan fingerprint density at radius 2 is 2.00 bits per heavy atom. The fourth-order valence-corrected chi connectivity index (χ4v) is 3.31. The molecule has 0 saturated carbocycles. The lowest BCUT2D eigenvalue weighted by Crippen LogP contribution is -2.48. The summed E-state index contributed by atoms with van der Waals surface area (Å²) in [5.41, 5.74) is 0.905. The zero-order chi connectivity index (χ0) is 15.3. The lowest BCUT2D eigenvalue weighted by Gasteiger charge is -2.37. The molecule has 22 heavy (non-hydrogen) atoms. The average molecular weight is 325 g/mol. The van der Waals surface area contributed by atoms with Gasteiger partial charge in [-0.2, -0.15) is 0 Å². The predicted octanol–water partition coefficient (Wildman–Crippen LogP) is 3.14. The van der Waals surface area contributed by atoms with Gasteiger partial charge in [-0.3, -0.25) is 4.79 Å². The number of halogens is 1. The van der Waals surface area contributed by atoms with Crippen LogP contribution in [-0.2, 0) is 11.2 Å². The summed E-state index contributed by atoms with van der Waals surface area (Å²) in [5, 5.41) is 3.24. The lowest BCUT2D eigenvalue weighted by atomic mass is 9.83. The molecule has 2 rings (SSSR count). The van der Waals surface area contributed by atoms with Crippen molar-refractivity contribution in [2.75, 3.05) is 26.7 Å². The molecule has 1 aromatic carbocycles. The molecule has 1 N–H and O–H groups in total. The molecule has 3 nitrogen and oxygen atoms in total. The molecule has 1 aliphatic heterocycles. The molecule has 1 amide bonds. The van der Waals surface area contributed by atoms with E-state index >= 15 is 0 Å². The van der Waals surface area contributed by atoms with Gasteiger partial charge in [-0.05, 0) is 44.3 Å². The zero-order valence-corrected chi connectivity index (χ0v) is 14.8. The van der Waals surface area contributed by atoms with E-state index in [1.165, 1.54) is 12.0 Å². The van der Waals surface area contributed by atoms with Gasteiger partial charge in [-0.15, -0.1) is 12.4 Å². The van der Waals surface area contributed by atoms with Gasteiger partial charge < -0.3 is 10.2 Å². The summed E-state index contributed by atoms with van der Waals surface area (Å²) in [7, 11) is 1.99. The number of likely N-dealkylation sites (tertiary alicyclic amines) is 1. The number of nitrogens with zero attached hydrogens (tertiary/aromatic N) is 1. The second-order valence-corrected chi connectivity index (χ2v) is 6.86. The number of hydrogen-bond acceptors (Lipinski definition) is 2. The van der Waals surface area contributed by atoms with Crippen molar-refractivity contribution in [3.63, 3.8) is 0 Å². The maximum Gasteiger partial charge on any atom is 0.228 e. The Labute approximate surface area is 140 Å². The van der Waals surface area contributed by atoms with E-state index in [0.717, 1.165) is 32.5 Å². The monoisotopic (exact) mass is 324 g/mol. The van der Waals surface area contributed by atoms with Gasteiger partial charge in [0.2, 0.25) is 5.91 Å². The highest BCUT2D eigenvalue weighted by molar-refractivity contribution is 5.85. The van der Waals surface area contributed by atoms with Crippen LogP contribution in [0.15, 0.2) is 30.3 Å². The Kier molecular flexibility index (Phi) is 7.37. The Hall–Kier alpha value is -1.06. The van der Waals surface area contributed by atoms with Gasteiger partial charge in [0, 0.05) is 18.5 Å². The number of benzene rings is 1.